The number of nitrogens with zero attached hydrogens (tertiary/aromatic N) is 1. The van der Waals surface area contributed by atoms with E-state index in [4.69, 9.17) is 16.7 Å². The van der Waals surface area contributed by atoms with E-state index in [1.165, 1.54) is 11.9 Å². The van der Waals surface area contributed by atoms with Crippen LogP contribution in [0, 0.1) is 5.92 Å². The smallest absolute Gasteiger partial charge is 0.323 e. The van der Waals surface area contributed by atoms with Gasteiger partial charge in [0.25, 0.3) is 0 Å². The van der Waals surface area contributed by atoms with Gasteiger partial charge in [-0.25, -0.2) is 0 Å². The van der Waals surface area contributed by atoms with Crippen LogP contribution in [0.2, 0.25) is 5.02 Å². The number of benzene rings is 1. The largest absolute Gasteiger partial charge is 0.480 e. The molecule has 1 aromatic rings. The van der Waals surface area contributed by atoms with E-state index in [0.717, 1.165) is 12.0 Å². The van der Waals surface area contributed by atoms with Crippen molar-refractivity contribution >= 4 is 23.5 Å². The molecule has 1 amide bonds. The Bertz CT molecular complexity index is 489. The topological polar surface area (TPSA) is 57.6 Å². The molecule has 1 fully saturated rings. The monoisotopic (exact) mass is 267 g/mol. The van der Waals surface area contributed by atoms with Gasteiger partial charge in [0, 0.05) is 18.0 Å². The molecule has 18 heavy (non-hydrogen) atoms. The van der Waals surface area contributed by atoms with Gasteiger partial charge in [-0.3, -0.25) is 9.59 Å². The predicted molar refractivity (Wildman–Crippen MR) is 67.6 cm³/mol. The van der Waals surface area contributed by atoms with Gasteiger partial charge in [0.2, 0.25) is 5.91 Å². The van der Waals surface area contributed by atoms with Crippen LogP contribution in [0.5, 0.6) is 0 Å². The van der Waals surface area contributed by atoms with Crippen molar-refractivity contribution < 1.29 is 14.7 Å². The van der Waals surface area contributed by atoms with E-state index in [1.54, 1.807) is 6.07 Å². The zero-order valence-electron chi connectivity index (χ0n) is 9.97. The van der Waals surface area contributed by atoms with E-state index in [1.807, 2.05) is 18.2 Å². The average molecular weight is 268 g/mol. The third-order valence-corrected chi connectivity index (χ3v) is 3.51. The Kier molecular flexibility index (Phi) is 3.57. The van der Waals surface area contributed by atoms with Crippen molar-refractivity contribution in [3.05, 3.63) is 34.9 Å². The maximum Gasteiger partial charge on any atom is 0.323 e. The van der Waals surface area contributed by atoms with Crippen LogP contribution >= 0.6 is 11.6 Å². The summed E-state index contributed by atoms with van der Waals surface area (Å²) in [6, 6.07) is 7.46. The molecule has 0 radical (unpaired) electrons. The second-order valence-corrected chi connectivity index (χ2v) is 4.97. The van der Waals surface area contributed by atoms with E-state index in [2.05, 4.69) is 0 Å². The Hall–Kier alpha value is -1.55. The first kappa shape index (κ1) is 12.9. The fourth-order valence-corrected chi connectivity index (χ4v) is 2.43. The first-order chi connectivity index (χ1) is 8.50. The molecule has 0 unspecified atom stereocenters. The Morgan fingerprint density at radius 3 is 2.72 bits per heavy atom. The zero-order valence-corrected chi connectivity index (χ0v) is 10.7. The standard InChI is InChI=1S/C13H14ClNO3/c1-15(7-12(16)17)13(18)10-6-9(10)8-4-2-3-5-11(8)14/h2-5,9-10H,6-7H2,1H3,(H,16,17)/t9-,10-/m1/s1. The molecule has 0 saturated heterocycles. The molecule has 5 heteroatoms. The molecule has 4 nitrogen and oxygen atoms in total. The minimum Gasteiger partial charge on any atom is -0.480 e. The summed E-state index contributed by atoms with van der Waals surface area (Å²) in [4.78, 5) is 23.8. The third kappa shape index (κ3) is 2.64. The molecule has 1 aliphatic carbocycles. The average Bonchev–Trinajstić information content (AvgIpc) is 3.07. The lowest BCUT2D eigenvalue weighted by atomic mass is 10.1. The Morgan fingerprint density at radius 1 is 1.44 bits per heavy atom. The second-order valence-electron chi connectivity index (χ2n) is 4.56. The van der Waals surface area contributed by atoms with Crippen molar-refractivity contribution in [2.45, 2.75) is 12.3 Å². The van der Waals surface area contributed by atoms with Gasteiger partial charge in [-0.05, 0) is 24.0 Å². The fourth-order valence-electron chi connectivity index (χ4n) is 2.15. The number of halogens is 1. The van der Waals surface area contributed by atoms with Gasteiger partial charge < -0.3 is 10.0 Å². The van der Waals surface area contributed by atoms with Crippen molar-refractivity contribution in [2.24, 2.45) is 5.92 Å². The number of carboxylic acids is 1. The van der Waals surface area contributed by atoms with Crippen LogP contribution in [-0.2, 0) is 9.59 Å². The SMILES string of the molecule is CN(CC(=O)O)C(=O)[C@@H]1C[C@@H]1c1ccccc1Cl. The lowest BCUT2D eigenvalue weighted by molar-refractivity contribution is -0.144. The molecule has 0 spiro atoms. The lowest BCUT2D eigenvalue weighted by Crippen LogP contribution is -2.33. The lowest BCUT2D eigenvalue weighted by Gasteiger charge is -2.14. The van der Waals surface area contributed by atoms with Gasteiger partial charge in [0.05, 0.1) is 0 Å². The second kappa shape index (κ2) is 4.98. The molecular weight excluding hydrogens is 254 g/mol. The summed E-state index contributed by atoms with van der Waals surface area (Å²) in [5.74, 6) is -1.13. The van der Waals surface area contributed by atoms with Crippen LogP contribution in [0.15, 0.2) is 24.3 Å². The van der Waals surface area contributed by atoms with Crippen LogP contribution in [0.3, 0.4) is 0 Å². The third-order valence-electron chi connectivity index (χ3n) is 3.16. The van der Waals surface area contributed by atoms with E-state index in [-0.39, 0.29) is 24.3 Å². The summed E-state index contributed by atoms with van der Waals surface area (Å²) in [5, 5.41) is 9.31. The number of hydrogen-bond acceptors (Lipinski definition) is 2. The molecule has 0 bridgehead atoms. The van der Waals surface area contributed by atoms with Crippen LogP contribution in [0.1, 0.15) is 17.9 Å². The minimum absolute atomic E-state index is 0.123. The van der Waals surface area contributed by atoms with Gasteiger partial charge in [-0.15, -0.1) is 0 Å². The summed E-state index contributed by atoms with van der Waals surface area (Å²) >= 11 is 6.07. The van der Waals surface area contributed by atoms with Crippen molar-refractivity contribution in [1.82, 2.24) is 4.90 Å². The van der Waals surface area contributed by atoms with Gasteiger partial charge in [-0.2, -0.15) is 0 Å². The molecular formula is C13H14ClNO3. The number of likely N-dealkylation sites (N-methyl/N-ethyl adjacent to an activating group) is 1. The minimum atomic E-state index is -0.999. The number of carboxylic acid groups (broad SMARTS) is 1. The highest BCUT2D eigenvalue weighted by molar-refractivity contribution is 6.31. The van der Waals surface area contributed by atoms with Gasteiger partial charge >= 0.3 is 5.97 Å². The molecule has 0 aliphatic heterocycles. The Morgan fingerprint density at radius 2 is 2.11 bits per heavy atom. The summed E-state index contributed by atoms with van der Waals surface area (Å²) < 4.78 is 0. The highest BCUT2D eigenvalue weighted by Crippen LogP contribution is 2.50. The van der Waals surface area contributed by atoms with Gasteiger partial charge in [0.15, 0.2) is 0 Å². The van der Waals surface area contributed by atoms with Crippen LogP contribution < -0.4 is 0 Å². The van der Waals surface area contributed by atoms with Crippen molar-refractivity contribution in [3.63, 3.8) is 0 Å². The Balaban J connectivity index is 2.01. The number of aliphatic carboxylic acids is 1. The molecule has 2 rings (SSSR count). The number of rotatable bonds is 4. The maximum atomic E-state index is 12.0. The number of carbonyl (C=O) groups is 2. The van der Waals surface area contributed by atoms with Crippen LogP contribution in [0.25, 0.3) is 0 Å². The Labute approximate surface area is 110 Å². The van der Waals surface area contributed by atoms with E-state index in [9.17, 15) is 9.59 Å². The summed E-state index contributed by atoms with van der Waals surface area (Å²) in [5.41, 5.74) is 0.973. The van der Waals surface area contributed by atoms with Crippen molar-refractivity contribution in [2.75, 3.05) is 13.6 Å². The summed E-state index contributed by atoms with van der Waals surface area (Å²) in [6.07, 6.45) is 0.743. The fraction of sp³-hybridized carbons (Fsp3) is 0.385. The van der Waals surface area contributed by atoms with Gasteiger partial charge in [-0.1, -0.05) is 29.8 Å². The highest BCUT2D eigenvalue weighted by Gasteiger charge is 2.46. The summed E-state index contributed by atoms with van der Waals surface area (Å²) in [6.45, 7) is -0.259. The quantitative estimate of drug-likeness (QED) is 0.908. The first-order valence-electron chi connectivity index (χ1n) is 5.72. The summed E-state index contributed by atoms with van der Waals surface area (Å²) in [7, 11) is 1.51. The van der Waals surface area contributed by atoms with Crippen LogP contribution in [-0.4, -0.2) is 35.5 Å². The number of amides is 1. The van der Waals surface area contributed by atoms with Crippen molar-refractivity contribution in [3.8, 4) is 0 Å². The molecule has 1 aromatic carbocycles. The van der Waals surface area contributed by atoms with E-state index in [0.29, 0.717) is 5.02 Å². The highest BCUT2D eigenvalue weighted by atomic mass is 35.5. The molecule has 1 N–H and O–H groups in total. The predicted octanol–water partition coefficient (Wildman–Crippen LogP) is 1.99. The zero-order chi connectivity index (χ0) is 13.3. The molecule has 1 aliphatic rings. The molecule has 1 saturated carbocycles. The number of hydrogen-bond donors (Lipinski definition) is 1. The van der Waals surface area contributed by atoms with Crippen LogP contribution in [0.4, 0.5) is 0 Å². The normalized spacial score (nSPS) is 21.4. The molecule has 0 heterocycles. The van der Waals surface area contributed by atoms with E-state index >= 15 is 0 Å². The van der Waals surface area contributed by atoms with E-state index < -0.39 is 5.97 Å². The molecule has 96 valence electrons. The number of carbonyl (C=O) groups excluding carboxylic acids is 1. The van der Waals surface area contributed by atoms with Crippen molar-refractivity contribution in [1.29, 1.82) is 0 Å². The molecule has 2 atom stereocenters. The first-order valence-corrected chi connectivity index (χ1v) is 6.09. The van der Waals surface area contributed by atoms with Gasteiger partial charge in [0.1, 0.15) is 6.54 Å². The maximum absolute atomic E-state index is 12.0. The molecule has 0 aromatic heterocycles.